The predicted octanol–water partition coefficient (Wildman–Crippen LogP) is 1.65. The highest BCUT2D eigenvalue weighted by atomic mass is 16.5. The number of nitrogens with zero attached hydrogens (tertiary/aromatic N) is 4. The molecule has 0 aliphatic heterocycles. The van der Waals surface area contributed by atoms with Gasteiger partial charge in [0.25, 0.3) is 0 Å². The molecule has 1 aliphatic carbocycles. The second kappa shape index (κ2) is 3.12. The Labute approximate surface area is 86.6 Å². The van der Waals surface area contributed by atoms with Gasteiger partial charge in [0.15, 0.2) is 0 Å². The van der Waals surface area contributed by atoms with Gasteiger partial charge in [0.1, 0.15) is 5.69 Å². The zero-order valence-corrected chi connectivity index (χ0v) is 8.29. The summed E-state index contributed by atoms with van der Waals surface area (Å²) in [5.74, 6) is 2.36. The summed E-state index contributed by atoms with van der Waals surface area (Å²) in [5.41, 5.74) is 0.654. The molecule has 0 radical (unpaired) electrons. The van der Waals surface area contributed by atoms with Crippen molar-refractivity contribution >= 4 is 0 Å². The van der Waals surface area contributed by atoms with Crippen LogP contribution in [-0.4, -0.2) is 20.1 Å². The zero-order valence-electron chi connectivity index (χ0n) is 8.29. The van der Waals surface area contributed by atoms with Gasteiger partial charge in [-0.25, -0.2) is 4.98 Å². The van der Waals surface area contributed by atoms with Crippen LogP contribution in [0.3, 0.4) is 0 Å². The summed E-state index contributed by atoms with van der Waals surface area (Å²) in [6.07, 6.45) is 6.01. The molecule has 1 saturated carbocycles. The van der Waals surface area contributed by atoms with Gasteiger partial charge in [-0.15, -0.1) is 0 Å². The van der Waals surface area contributed by atoms with E-state index in [-0.39, 0.29) is 0 Å². The van der Waals surface area contributed by atoms with Crippen molar-refractivity contribution in [3.8, 4) is 11.5 Å². The molecular weight excluding hydrogens is 192 g/mol. The summed E-state index contributed by atoms with van der Waals surface area (Å²) in [7, 11) is 0. The van der Waals surface area contributed by atoms with Crippen molar-refractivity contribution in [1.82, 2.24) is 20.1 Å². The van der Waals surface area contributed by atoms with Gasteiger partial charge in [0.2, 0.25) is 11.7 Å². The fourth-order valence-electron chi connectivity index (χ4n) is 1.57. The van der Waals surface area contributed by atoms with Gasteiger partial charge in [0.05, 0.1) is 6.20 Å². The average molecular weight is 202 g/mol. The first-order valence-electron chi connectivity index (χ1n) is 4.94. The Balaban J connectivity index is 1.91. The molecule has 5 nitrogen and oxygen atoms in total. The number of aromatic nitrogens is 4. The third-order valence-electron chi connectivity index (χ3n) is 2.66. The largest absolute Gasteiger partial charge is 0.339 e. The first-order chi connectivity index (χ1) is 7.34. The van der Waals surface area contributed by atoms with E-state index in [2.05, 4.69) is 27.0 Å². The third-order valence-corrected chi connectivity index (χ3v) is 2.66. The Morgan fingerprint density at radius 3 is 2.93 bits per heavy atom. The molecule has 0 amide bonds. The van der Waals surface area contributed by atoms with Gasteiger partial charge in [-0.1, -0.05) is 12.1 Å². The summed E-state index contributed by atoms with van der Waals surface area (Å²) < 4.78 is 5.18. The lowest BCUT2D eigenvalue weighted by molar-refractivity contribution is 0.376. The van der Waals surface area contributed by atoms with Crippen LogP contribution in [0.15, 0.2) is 23.1 Å². The lowest BCUT2D eigenvalue weighted by atomic mass is 10.3. The Morgan fingerprint density at radius 1 is 1.40 bits per heavy atom. The summed E-state index contributed by atoms with van der Waals surface area (Å²) in [4.78, 5) is 12.4. The van der Waals surface area contributed by atoms with E-state index >= 15 is 0 Å². The molecule has 0 N–H and O–H groups in total. The summed E-state index contributed by atoms with van der Waals surface area (Å²) in [6, 6.07) is 0. The topological polar surface area (TPSA) is 64.7 Å². The predicted molar refractivity (Wildman–Crippen MR) is 51.8 cm³/mol. The quantitative estimate of drug-likeness (QED) is 0.740. The van der Waals surface area contributed by atoms with E-state index in [0.717, 1.165) is 12.3 Å². The first-order valence-corrected chi connectivity index (χ1v) is 4.94. The van der Waals surface area contributed by atoms with Crippen LogP contribution in [0.2, 0.25) is 0 Å². The first kappa shape index (κ1) is 8.52. The number of rotatable bonds is 2. The van der Waals surface area contributed by atoms with Crippen LogP contribution in [0.1, 0.15) is 25.2 Å². The standard InChI is InChI=1S/C10H10N4O/c1-6-4-7(6)10-13-9(14-15-10)8-5-11-2-3-12-8/h2-3,5-7H,4H2,1H3/t6-,7-/m0/s1. The highest BCUT2D eigenvalue weighted by Gasteiger charge is 2.39. The molecule has 5 heteroatoms. The average Bonchev–Trinajstić information content (AvgIpc) is 2.83. The normalized spacial score (nSPS) is 24.1. The van der Waals surface area contributed by atoms with Gasteiger partial charge in [-0.05, 0) is 12.3 Å². The monoisotopic (exact) mass is 202 g/mol. The van der Waals surface area contributed by atoms with Crippen molar-refractivity contribution in [3.05, 3.63) is 24.5 Å². The molecule has 1 aliphatic rings. The second-order valence-electron chi connectivity index (χ2n) is 3.87. The van der Waals surface area contributed by atoms with Gasteiger partial charge >= 0.3 is 0 Å². The Kier molecular flexibility index (Phi) is 1.77. The Morgan fingerprint density at radius 2 is 2.27 bits per heavy atom. The van der Waals surface area contributed by atoms with Gasteiger partial charge in [0, 0.05) is 18.3 Å². The van der Waals surface area contributed by atoms with E-state index in [1.54, 1.807) is 18.6 Å². The number of hydrogen-bond acceptors (Lipinski definition) is 5. The van der Waals surface area contributed by atoms with Crippen LogP contribution in [0.5, 0.6) is 0 Å². The van der Waals surface area contributed by atoms with Gasteiger partial charge < -0.3 is 4.52 Å². The Bertz CT molecular complexity index is 467. The van der Waals surface area contributed by atoms with E-state index < -0.39 is 0 Å². The van der Waals surface area contributed by atoms with Crippen molar-refractivity contribution in [2.24, 2.45) is 5.92 Å². The molecule has 0 aromatic carbocycles. The van der Waals surface area contributed by atoms with Crippen molar-refractivity contribution in [3.63, 3.8) is 0 Å². The molecule has 2 atom stereocenters. The van der Waals surface area contributed by atoms with Crippen molar-refractivity contribution in [2.45, 2.75) is 19.3 Å². The van der Waals surface area contributed by atoms with Crippen LogP contribution in [0, 0.1) is 5.92 Å². The molecule has 76 valence electrons. The minimum absolute atomic E-state index is 0.447. The van der Waals surface area contributed by atoms with E-state index in [9.17, 15) is 0 Å². The second-order valence-corrected chi connectivity index (χ2v) is 3.87. The fraction of sp³-hybridized carbons (Fsp3) is 0.400. The van der Waals surface area contributed by atoms with Gasteiger partial charge in [-0.3, -0.25) is 4.98 Å². The van der Waals surface area contributed by atoms with E-state index in [1.165, 1.54) is 0 Å². The van der Waals surface area contributed by atoms with Crippen LogP contribution in [0.25, 0.3) is 11.5 Å². The molecule has 2 aromatic heterocycles. The van der Waals surface area contributed by atoms with E-state index in [1.807, 2.05) is 0 Å². The van der Waals surface area contributed by atoms with Crippen molar-refractivity contribution < 1.29 is 4.52 Å². The minimum atomic E-state index is 0.447. The maximum absolute atomic E-state index is 5.18. The van der Waals surface area contributed by atoms with Crippen LogP contribution < -0.4 is 0 Å². The number of hydrogen-bond donors (Lipinski definition) is 0. The van der Waals surface area contributed by atoms with Crippen molar-refractivity contribution in [2.75, 3.05) is 0 Å². The van der Waals surface area contributed by atoms with E-state index in [4.69, 9.17) is 4.52 Å². The van der Waals surface area contributed by atoms with Crippen LogP contribution in [-0.2, 0) is 0 Å². The molecule has 0 bridgehead atoms. The highest BCUT2D eigenvalue weighted by molar-refractivity contribution is 5.45. The Hall–Kier alpha value is -1.78. The molecular formula is C10H10N4O. The van der Waals surface area contributed by atoms with Crippen LogP contribution in [0.4, 0.5) is 0 Å². The molecule has 0 unspecified atom stereocenters. The SMILES string of the molecule is C[C@H]1C[C@@H]1c1nc(-c2cnccn2)no1. The highest BCUT2D eigenvalue weighted by Crippen LogP contribution is 2.46. The van der Waals surface area contributed by atoms with Gasteiger partial charge in [-0.2, -0.15) is 4.98 Å². The molecule has 2 aromatic rings. The lowest BCUT2D eigenvalue weighted by Crippen LogP contribution is -1.87. The maximum atomic E-state index is 5.18. The zero-order chi connectivity index (χ0) is 10.3. The molecule has 1 fully saturated rings. The third kappa shape index (κ3) is 1.49. The molecule has 2 heterocycles. The molecule has 15 heavy (non-hydrogen) atoms. The summed E-state index contributed by atoms with van der Waals surface area (Å²) in [6.45, 7) is 2.18. The molecule has 0 spiro atoms. The minimum Gasteiger partial charge on any atom is -0.339 e. The van der Waals surface area contributed by atoms with Crippen LogP contribution >= 0.6 is 0 Å². The maximum Gasteiger partial charge on any atom is 0.230 e. The van der Waals surface area contributed by atoms with Crippen molar-refractivity contribution in [1.29, 1.82) is 0 Å². The lowest BCUT2D eigenvalue weighted by Gasteiger charge is -1.88. The van der Waals surface area contributed by atoms with E-state index in [0.29, 0.717) is 23.4 Å². The smallest absolute Gasteiger partial charge is 0.230 e. The fourth-order valence-corrected chi connectivity index (χ4v) is 1.57. The molecule has 3 rings (SSSR count). The summed E-state index contributed by atoms with van der Waals surface area (Å²) >= 11 is 0. The summed E-state index contributed by atoms with van der Waals surface area (Å²) in [5, 5.41) is 3.89. The molecule has 0 saturated heterocycles.